The number of carbonyl (C=O) groups excluding carboxylic acids is 2. The van der Waals surface area contributed by atoms with Crippen molar-refractivity contribution in [3.8, 4) is 32.6 Å². The fraction of sp³-hybridized carbons (Fsp3) is 0.444. The van der Waals surface area contributed by atoms with Crippen molar-refractivity contribution in [1.82, 2.24) is 19.8 Å². The summed E-state index contributed by atoms with van der Waals surface area (Å²) < 4.78 is 15.2. The van der Waals surface area contributed by atoms with Crippen LogP contribution in [0.1, 0.15) is 99.2 Å². The Labute approximate surface area is 318 Å². The Morgan fingerprint density at radius 3 is 1.46 bits per heavy atom. The fourth-order valence-electron chi connectivity index (χ4n) is 8.21. The van der Waals surface area contributed by atoms with Crippen LogP contribution in [-0.2, 0) is 20.8 Å². The van der Waals surface area contributed by atoms with E-state index in [-0.39, 0.29) is 11.8 Å². The number of hydrogen-bond donors (Lipinski definition) is 0. The molecule has 4 aliphatic heterocycles. The van der Waals surface area contributed by atoms with E-state index in [4.69, 9.17) is 43.9 Å². The van der Waals surface area contributed by atoms with E-state index in [1.807, 2.05) is 26.0 Å². The lowest BCUT2D eigenvalue weighted by Gasteiger charge is -2.45. The number of fused-ring (bicyclic) bond motifs is 8. The van der Waals surface area contributed by atoms with Gasteiger partial charge >= 0.3 is 0 Å². The first-order chi connectivity index (χ1) is 24.2. The molecular formula is C36H34N4O4S6. The largest absolute Gasteiger partial charge is 0.465 e. The molecule has 1 aromatic carbocycles. The molecule has 4 fully saturated rings. The number of benzene rings is 1. The summed E-state index contributed by atoms with van der Waals surface area (Å²) in [5, 5.41) is 1.49. The lowest BCUT2D eigenvalue weighted by atomic mass is 9.71. The van der Waals surface area contributed by atoms with Crippen LogP contribution in [-0.4, -0.2) is 53.3 Å². The lowest BCUT2D eigenvalue weighted by molar-refractivity contribution is -0.122. The average molecular weight is 779 g/mol. The van der Waals surface area contributed by atoms with Gasteiger partial charge < -0.3 is 9.47 Å². The van der Waals surface area contributed by atoms with Gasteiger partial charge in [0.1, 0.15) is 29.9 Å². The Kier molecular flexibility index (Phi) is 8.31. The third kappa shape index (κ3) is 5.18. The molecular weight excluding hydrogens is 745 g/mol. The van der Waals surface area contributed by atoms with Crippen molar-refractivity contribution in [2.24, 2.45) is 0 Å². The average Bonchev–Trinajstić information content (AvgIpc) is 3.84. The van der Waals surface area contributed by atoms with Gasteiger partial charge in [-0.1, -0.05) is 60.8 Å². The molecule has 0 unspecified atom stereocenters. The van der Waals surface area contributed by atoms with E-state index in [1.54, 1.807) is 32.5 Å². The van der Waals surface area contributed by atoms with Gasteiger partial charge in [0, 0.05) is 35.3 Å². The van der Waals surface area contributed by atoms with Crippen molar-refractivity contribution < 1.29 is 19.1 Å². The summed E-state index contributed by atoms with van der Waals surface area (Å²) in [6, 6.07) is 4.75. The highest BCUT2D eigenvalue weighted by Crippen LogP contribution is 2.59. The van der Waals surface area contributed by atoms with Crippen molar-refractivity contribution in [1.29, 1.82) is 0 Å². The molecule has 14 heteroatoms. The molecule has 2 amide bonds. The topological polar surface area (TPSA) is 84.9 Å². The van der Waals surface area contributed by atoms with E-state index in [0.29, 0.717) is 43.3 Å². The van der Waals surface area contributed by atoms with Gasteiger partial charge in [0.25, 0.3) is 11.8 Å². The minimum atomic E-state index is -0.480. The zero-order valence-corrected chi connectivity index (χ0v) is 32.6. The van der Waals surface area contributed by atoms with Gasteiger partial charge in [-0.25, -0.2) is 9.97 Å². The summed E-state index contributed by atoms with van der Waals surface area (Å²) in [4.78, 5) is 42.6. The molecule has 0 bridgehead atoms. The molecule has 2 spiro atoms. The van der Waals surface area contributed by atoms with Crippen molar-refractivity contribution in [2.75, 3.05) is 13.1 Å². The molecule has 9 rings (SSSR count). The van der Waals surface area contributed by atoms with Crippen LogP contribution in [0.4, 0.5) is 0 Å². The third-order valence-corrected chi connectivity index (χ3v) is 15.4. The number of thiazole rings is 2. The number of nitrogens with zero attached hydrogens (tertiary/aromatic N) is 4. The molecule has 2 saturated heterocycles. The van der Waals surface area contributed by atoms with E-state index in [0.717, 1.165) is 82.3 Å². The van der Waals surface area contributed by atoms with Crippen molar-refractivity contribution in [2.45, 2.75) is 89.3 Å². The predicted octanol–water partition coefficient (Wildman–Crippen LogP) is 9.48. The minimum Gasteiger partial charge on any atom is -0.465 e. The molecule has 2 aliphatic carbocycles. The summed E-state index contributed by atoms with van der Waals surface area (Å²) in [5.41, 5.74) is 3.77. The summed E-state index contributed by atoms with van der Waals surface area (Å²) >= 11 is 16.8. The van der Waals surface area contributed by atoms with Crippen LogP contribution in [0.2, 0.25) is 0 Å². The number of hydrogen-bond acceptors (Lipinski definition) is 12. The third-order valence-electron chi connectivity index (χ3n) is 10.6. The van der Waals surface area contributed by atoms with E-state index >= 15 is 0 Å². The Morgan fingerprint density at radius 1 is 0.700 bits per heavy atom. The maximum Gasteiger partial charge on any atom is 0.266 e. The van der Waals surface area contributed by atoms with Crippen molar-refractivity contribution in [3.63, 3.8) is 0 Å². The Bertz CT molecular complexity index is 1920. The maximum absolute atomic E-state index is 13.1. The number of aromatic nitrogens is 2. The number of ether oxygens (including phenoxy) is 2. The first kappa shape index (κ1) is 33.2. The maximum atomic E-state index is 13.1. The minimum absolute atomic E-state index is 0.0668. The number of thioether (sulfide) groups is 2. The number of likely N-dealkylation sites (N-methyl/N-ethyl adjacent to an activating group) is 2. The highest BCUT2D eigenvalue weighted by molar-refractivity contribution is 8.27. The van der Waals surface area contributed by atoms with Gasteiger partial charge in [-0.2, -0.15) is 0 Å². The second-order valence-electron chi connectivity index (χ2n) is 13.5. The first-order valence-corrected chi connectivity index (χ1v) is 21.4. The molecule has 50 heavy (non-hydrogen) atoms. The highest BCUT2D eigenvalue weighted by atomic mass is 32.2. The number of rotatable bonds is 4. The van der Waals surface area contributed by atoms with Gasteiger partial charge in [0.05, 0.1) is 19.6 Å². The molecule has 8 nitrogen and oxygen atoms in total. The van der Waals surface area contributed by atoms with Gasteiger partial charge in [0.2, 0.25) is 11.8 Å². The van der Waals surface area contributed by atoms with Crippen LogP contribution in [0.25, 0.3) is 33.0 Å². The Hall–Kier alpha value is -2.62. The molecule has 3 aromatic rings. The lowest BCUT2D eigenvalue weighted by Crippen LogP contribution is -2.40. The zero-order chi connectivity index (χ0) is 34.4. The monoisotopic (exact) mass is 778 g/mol. The van der Waals surface area contributed by atoms with E-state index in [1.165, 1.54) is 47.5 Å². The zero-order valence-electron chi connectivity index (χ0n) is 27.7. The SMILES string of the molecule is CCN1C(=O)/C(=C\c2nc3c(s2)-c2cc4c(cc2C2(CCCCC2)O3)-c2sc(/C=C3/SC(=S)N(CC)C3=O)nc2OC42CCCCC2)SC1=S. The van der Waals surface area contributed by atoms with Crippen molar-refractivity contribution >= 4 is 103 Å². The van der Waals surface area contributed by atoms with Crippen LogP contribution in [0.15, 0.2) is 21.9 Å². The molecule has 0 atom stereocenters. The molecule has 6 heterocycles. The van der Waals surface area contributed by atoms with E-state index < -0.39 is 11.2 Å². The molecule has 0 N–H and O–H groups in total. The Morgan fingerprint density at radius 2 is 1.10 bits per heavy atom. The summed E-state index contributed by atoms with van der Waals surface area (Å²) in [6.07, 6.45) is 14.1. The standard InChI is InChI=1S/C36H34N4O4S6/c1-3-39-31(41)23(47-33(39)45)17-25-37-29-27(49-25)19-15-22-20(16-21(19)35(43-29)11-7-5-8-12-35)28-30(44-36(22)13-9-6-10-14-36)38-26(50-28)18-24-32(42)40(4-2)34(46)48-24/h15-18H,3-14H2,1-2H3/b23-17+,24-18+. The second-order valence-corrected chi connectivity index (χ2v) is 18.9. The molecule has 258 valence electrons. The highest BCUT2D eigenvalue weighted by Gasteiger charge is 2.49. The van der Waals surface area contributed by atoms with Crippen LogP contribution in [0, 0.1) is 0 Å². The molecule has 2 saturated carbocycles. The van der Waals surface area contributed by atoms with Crippen LogP contribution < -0.4 is 9.47 Å². The summed E-state index contributed by atoms with van der Waals surface area (Å²) in [7, 11) is 0. The summed E-state index contributed by atoms with van der Waals surface area (Å²) in [5.74, 6) is 1.17. The number of thiocarbonyl (C=S) groups is 2. The van der Waals surface area contributed by atoms with Crippen LogP contribution in [0.3, 0.4) is 0 Å². The quantitative estimate of drug-likeness (QED) is 0.189. The number of carbonyl (C=O) groups is 2. The second kappa shape index (κ2) is 12.5. The normalized spacial score (nSPS) is 23.4. The molecule has 2 aromatic heterocycles. The number of amides is 2. The van der Waals surface area contributed by atoms with Gasteiger partial charge in [-0.15, -0.1) is 22.7 Å². The fourth-order valence-corrected chi connectivity index (χ4v) is 13.0. The van der Waals surface area contributed by atoms with Gasteiger partial charge in [-0.3, -0.25) is 19.4 Å². The van der Waals surface area contributed by atoms with Crippen molar-refractivity contribution in [3.05, 3.63) is 43.1 Å². The van der Waals surface area contributed by atoms with E-state index in [2.05, 4.69) is 12.1 Å². The van der Waals surface area contributed by atoms with Crippen LogP contribution >= 0.6 is 70.6 Å². The smallest absolute Gasteiger partial charge is 0.266 e. The first-order valence-electron chi connectivity index (χ1n) is 17.3. The predicted molar refractivity (Wildman–Crippen MR) is 211 cm³/mol. The summed E-state index contributed by atoms with van der Waals surface area (Å²) in [6.45, 7) is 4.97. The molecule has 6 aliphatic rings. The molecule has 0 radical (unpaired) electrons. The van der Waals surface area contributed by atoms with Crippen LogP contribution in [0.5, 0.6) is 11.8 Å². The van der Waals surface area contributed by atoms with E-state index in [9.17, 15) is 9.59 Å². The van der Waals surface area contributed by atoms with Gasteiger partial charge in [0.15, 0.2) is 0 Å². The Balaban J connectivity index is 1.19. The van der Waals surface area contributed by atoms with Gasteiger partial charge in [-0.05, 0) is 89.5 Å².